The van der Waals surface area contributed by atoms with E-state index in [4.69, 9.17) is 11.6 Å². The molecule has 0 unspecified atom stereocenters. The van der Waals surface area contributed by atoms with Gasteiger partial charge in [-0.25, -0.2) is 0 Å². The van der Waals surface area contributed by atoms with Crippen LogP contribution in [-0.4, -0.2) is 29.4 Å². The Labute approximate surface area is 90.9 Å². The standard InChI is InChI=1S/C11H17ClN2/c1-10-5-3-6-11(13-10)9-14(2)8-4-7-12/h3,5-6H,4,7-9H2,1-2H3. The Hall–Kier alpha value is -0.600. The molecule has 0 saturated carbocycles. The van der Waals surface area contributed by atoms with E-state index in [9.17, 15) is 0 Å². The molecule has 0 fully saturated rings. The molecule has 14 heavy (non-hydrogen) atoms. The summed E-state index contributed by atoms with van der Waals surface area (Å²) in [4.78, 5) is 6.69. The Kier molecular flexibility index (Phi) is 4.91. The van der Waals surface area contributed by atoms with E-state index in [1.54, 1.807) is 0 Å². The van der Waals surface area contributed by atoms with E-state index in [-0.39, 0.29) is 0 Å². The van der Waals surface area contributed by atoms with Crippen molar-refractivity contribution in [1.82, 2.24) is 9.88 Å². The number of hydrogen-bond donors (Lipinski definition) is 0. The molecular weight excluding hydrogens is 196 g/mol. The van der Waals surface area contributed by atoms with Gasteiger partial charge in [0.1, 0.15) is 0 Å². The maximum Gasteiger partial charge on any atom is 0.0547 e. The van der Waals surface area contributed by atoms with Crippen LogP contribution < -0.4 is 0 Å². The summed E-state index contributed by atoms with van der Waals surface area (Å²) < 4.78 is 0. The molecule has 0 spiro atoms. The third-order valence-electron chi connectivity index (χ3n) is 2.05. The zero-order chi connectivity index (χ0) is 10.4. The first kappa shape index (κ1) is 11.5. The summed E-state index contributed by atoms with van der Waals surface area (Å²) in [6, 6.07) is 6.12. The summed E-state index contributed by atoms with van der Waals surface area (Å²) >= 11 is 5.63. The van der Waals surface area contributed by atoms with E-state index in [1.807, 2.05) is 19.1 Å². The first-order valence-corrected chi connectivity index (χ1v) is 5.43. The van der Waals surface area contributed by atoms with Gasteiger partial charge in [-0.2, -0.15) is 0 Å². The molecule has 3 heteroatoms. The predicted molar refractivity (Wildman–Crippen MR) is 60.6 cm³/mol. The monoisotopic (exact) mass is 212 g/mol. The second-order valence-corrected chi connectivity index (χ2v) is 3.93. The van der Waals surface area contributed by atoms with E-state index >= 15 is 0 Å². The topological polar surface area (TPSA) is 16.1 Å². The SMILES string of the molecule is Cc1cccc(CN(C)CCCCl)n1. The lowest BCUT2D eigenvalue weighted by molar-refractivity contribution is 0.324. The van der Waals surface area contributed by atoms with E-state index in [0.29, 0.717) is 0 Å². The van der Waals surface area contributed by atoms with Gasteiger partial charge in [0.05, 0.1) is 5.69 Å². The average Bonchev–Trinajstić information content (AvgIpc) is 2.15. The van der Waals surface area contributed by atoms with Gasteiger partial charge in [0.25, 0.3) is 0 Å². The molecule has 0 N–H and O–H groups in total. The van der Waals surface area contributed by atoms with Crippen LogP contribution in [-0.2, 0) is 6.54 Å². The van der Waals surface area contributed by atoms with Gasteiger partial charge in [-0.15, -0.1) is 11.6 Å². The number of hydrogen-bond acceptors (Lipinski definition) is 2. The lowest BCUT2D eigenvalue weighted by Gasteiger charge is -2.15. The summed E-state index contributed by atoms with van der Waals surface area (Å²) in [6.45, 7) is 3.94. The second-order valence-electron chi connectivity index (χ2n) is 3.55. The van der Waals surface area contributed by atoms with Crippen LogP contribution in [0.25, 0.3) is 0 Å². The Morgan fingerprint density at radius 3 is 2.86 bits per heavy atom. The molecule has 1 aromatic rings. The molecular formula is C11H17ClN2. The number of aromatic nitrogens is 1. The minimum Gasteiger partial charge on any atom is -0.301 e. The highest BCUT2D eigenvalue weighted by molar-refractivity contribution is 6.17. The van der Waals surface area contributed by atoms with Gasteiger partial charge >= 0.3 is 0 Å². The molecule has 0 saturated heterocycles. The molecule has 0 aliphatic heterocycles. The lowest BCUT2D eigenvalue weighted by Crippen LogP contribution is -2.20. The van der Waals surface area contributed by atoms with Crippen molar-refractivity contribution >= 4 is 11.6 Å². The predicted octanol–water partition coefficient (Wildman–Crippen LogP) is 2.45. The van der Waals surface area contributed by atoms with Gasteiger partial charge in [0.15, 0.2) is 0 Å². The van der Waals surface area contributed by atoms with Gasteiger partial charge in [-0.1, -0.05) is 6.07 Å². The van der Waals surface area contributed by atoms with Crippen LogP contribution >= 0.6 is 11.6 Å². The van der Waals surface area contributed by atoms with E-state index in [1.165, 1.54) is 0 Å². The normalized spacial score (nSPS) is 10.9. The summed E-state index contributed by atoms with van der Waals surface area (Å²) in [6.07, 6.45) is 1.03. The highest BCUT2D eigenvalue weighted by Gasteiger charge is 2.00. The smallest absolute Gasteiger partial charge is 0.0547 e. The van der Waals surface area contributed by atoms with E-state index in [2.05, 4.69) is 23.0 Å². The van der Waals surface area contributed by atoms with Crippen LogP contribution in [0.5, 0.6) is 0 Å². The fourth-order valence-corrected chi connectivity index (χ4v) is 1.49. The number of halogens is 1. The van der Waals surface area contributed by atoms with E-state index in [0.717, 1.165) is 36.8 Å². The van der Waals surface area contributed by atoms with Crippen molar-refractivity contribution < 1.29 is 0 Å². The fraction of sp³-hybridized carbons (Fsp3) is 0.545. The highest BCUT2D eigenvalue weighted by atomic mass is 35.5. The molecule has 1 aromatic heterocycles. The zero-order valence-corrected chi connectivity index (χ0v) is 9.59. The van der Waals surface area contributed by atoms with Crippen molar-refractivity contribution in [3.8, 4) is 0 Å². The van der Waals surface area contributed by atoms with Crippen LogP contribution in [0.15, 0.2) is 18.2 Å². The first-order valence-electron chi connectivity index (χ1n) is 4.89. The van der Waals surface area contributed by atoms with Gasteiger partial charge in [0, 0.05) is 18.1 Å². The lowest BCUT2D eigenvalue weighted by atomic mass is 10.3. The van der Waals surface area contributed by atoms with Crippen molar-refractivity contribution in [2.45, 2.75) is 19.9 Å². The summed E-state index contributed by atoms with van der Waals surface area (Å²) in [5.74, 6) is 0.728. The zero-order valence-electron chi connectivity index (χ0n) is 8.83. The number of aryl methyl sites for hydroxylation is 1. The third kappa shape index (κ3) is 4.07. The van der Waals surface area contributed by atoms with Crippen molar-refractivity contribution in [3.63, 3.8) is 0 Å². The molecule has 0 bridgehead atoms. The summed E-state index contributed by atoms with van der Waals surface area (Å²) in [5.41, 5.74) is 2.20. The molecule has 78 valence electrons. The molecule has 0 radical (unpaired) electrons. The highest BCUT2D eigenvalue weighted by Crippen LogP contribution is 2.02. The molecule has 0 aromatic carbocycles. The molecule has 1 rings (SSSR count). The van der Waals surface area contributed by atoms with Crippen molar-refractivity contribution in [2.75, 3.05) is 19.5 Å². The first-order chi connectivity index (χ1) is 6.72. The Balaban J connectivity index is 2.43. The van der Waals surface area contributed by atoms with Crippen LogP contribution in [0.4, 0.5) is 0 Å². The fourth-order valence-electron chi connectivity index (χ4n) is 1.37. The Morgan fingerprint density at radius 2 is 2.21 bits per heavy atom. The Morgan fingerprint density at radius 1 is 1.43 bits per heavy atom. The molecule has 0 atom stereocenters. The van der Waals surface area contributed by atoms with Crippen LogP contribution in [0, 0.1) is 6.92 Å². The maximum atomic E-state index is 5.63. The minimum atomic E-state index is 0.728. The minimum absolute atomic E-state index is 0.728. The molecule has 0 amide bonds. The molecule has 0 aliphatic carbocycles. The van der Waals surface area contributed by atoms with Crippen LogP contribution in [0.3, 0.4) is 0 Å². The molecule has 2 nitrogen and oxygen atoms in total. The summed E-state index contributed by atoms with van der Waals surface area (Å²) in [5, 5.41) is 0. The van der Waals surface area contributed by atoms with Crippen LogP contribution in [0.1, 0.15) is 17.8 Å². The summed E-state index contributed by atoms with van der Waals surface area (Å²) in [7, 11) is 2.09. The van der Waals surface area contributed by atoms with Gasteiger partial charge in [-0.3, -0.25) is 4.98 Å². The molecule has 0 aliphatic rings. The molecule has 1 heterocycles. The Bertz CT molecular complexity index is 276. The van der Waals surface area contributed by atoms with Gasteiger partial charge in [0.2, 0.25) is 0 Å². The number of rotatable bonds is 5. The number of alkyl halides is 1. The van der Waals surface area contributed by atoms with Crippen molar-refractivity contribution in [2.24, 2.45) is 0 Å². The largest absolute Gasteiger partial charge is 0.301 e. The third-order valence-corrected chi connectivity index (χ3v) is 2.32. The maximum absolute atomic E-state index is 5.63. The van der Waals surface area contributed by atoms with E-state index < -0.39 is 0 Å². The second kappa shape index (κ2) is 5.99. The average molecular weight is 213 g/mol. The van der Waals surface area contributed by atoms with Gasteiger partial charge < -0.3 is 4.90 Å². The van der Waals surface area contributed by atoms with Crippen LogP contribution in [0.2, 0.25) is 0 Å². The number of pyridine rings is 1. The quantitative estimate of drug-likeness (QED) is 0.698. The van der Waals surface area contributed by atoms with Crippen molar-refractivity contribution in [3.05, 3.63) is 29.6 Å². The van der Waals surface area contributed by atoms with Crippen molar-refractivity contribution in [1.29, 1.82) is 0 Å². The van der Waals surface area contributed by atoms with Gasteiger partial charge in [-0.05, 0) is 39.1 Å². The number of nitrogens with zero attached hydrogens (tertiary/aromatic N) is 2.